The number of amides is 2. The predicted octanol–water partition coefficient (Wildman–Crippen LogP) is 1.61. The Hall–Kier alpha value is -2.94. The minimum absolute atomic E-state index is 0.190. The molecular weight excluding hydrogens is 373 g/mol. The number of fused-ring (bicyclic) bond motifs is 1. The van der Waals surface area contributed by atoms with Gasteiger partial charge in [0.05, 0.1) is 17.5 Å². The monoisotopic (exact) mass is 391 g/mol. The molecule has 0 radical (unpaired) electrons. The van der Waals surface area contributed by atoms with Crippen molar-refractivity contribution in [3.63, 3.8) is 0 Å². The van der Waals surface area contributed by atoms with Gasteiger partial charge in [-0.15, -0.1) is 0 Å². The molecular formula is C18H18FN3O4S. The number of nitrogens with zero attached hydrogens (tertiary/aromatic N) is 1. The van der Waals surface area contributed by atoms with Gasteiger partial charge in [-0.1, -0.05) is 12.1 Å². The molecule has 0 aliphatic carbocycles. The molecule has 1 heterocycles. The molecule has 0 saturated heterocycles. The van der Waals surface area contributed by atoms with Gasteiger partial charge in [-0.2, -0.15) is 0 Å². The van der Waals surface area contributed by atoms with Crippen LogP contribution in [-0.4, -0.2) is 32.5 Å². The quantitative estimate of drug-likeness (QED) is 0.777. The SMILES string of the molecule is C[C@H]1Cc2cc(C(=O)NNC(=O)c3ccccc3F)ccc2N1S(C)(=O)=O. The van der Waals surface area contributed by atoms with Crippen LogP contribution in [0.1, 0.15) is 33.2 Å². The average molecular weight is 391 g/mol. The number of sulfonamides is 1. The van der Waals surface area contributed by atoms with Crippen LogP contribution in [0, 0.1) is 5.82 Å². The maximum absolute atomic E-state index is 13.6. The van der Waals surface area contributed by atoms with E-state index in [-0.39, 0.29) is 17.2 Å². The molecule has 2 amide bonds. The Bertz CT molecular complexity index is 1020. The second kappa shape index (κ2) is 6.99. The molecule has 0 aromatic heterocycles. The maximum atomic E-state index is 13.6. The molecule has 0 bridgehead atoms. The van der Waals surface area contributed by atoms with Gasteiger partial charge in [0.1, 0.15) is 5.82 Å². The number of hydrazine groups is 1. The summed E-state index contributed by atoms with van der Waals surface area (Å²) in [7, 11) is -3.41. The van der Waals surface area contributed by atoms with E-state index < -0.39 is 27.7 Å². The van der Waals surface area contributed by atoms with Crippen molar-refractivity contribution in [2.24, 2.45) is 0 Å². The first-order valence-electron chi connectivity index (χ1n) is 8.16. The highest BCUT2D eigenvalue weighted by atomic mass is 32.2. The van der Waals surface area contributed by atoms with Crippen LogP contribution < -0.4 is 15.2 Å². The van der Waals surface area contributed by atoms with Gasteiger partial charge in [0.15, 0.2) is 0 Å². The molecule has 1 aliphatic heterocycles. The van der Waals surface area contributed by atoms with E-state index >= 15 is 0 Å². The molecule has 1 aliphatic rings. The van der Waals surface area contributed by atoms with Crippen molar-refractivity contribution in [2.75, 3.05) is 10.6 Å². The highest BCUT2D eigenvalue weighted by Crippen LogP contribution is 2.34. The summed E-state index contributed by atoms with van der Waals surface area (Å²) in [6.45, 7) is 1.79. The van der Waals surface area contributed by atoms with Crippen molar-refractivity contribution in [1.29, 1.82) is 0 Å². The van der Waals surface area contributed by atoms with Crippen LogP contribution in [0.15, 0.2) is 42.5 Å². The summed E-state index contributed by atoms with van der Waals surface area (Å²) in [5.74, 6) is -2.07. The largest absolute Gasteiger partial charge is 0.272 e. The number of carbonyl (C=O) groups is 2. The van der Waals surface area contributed by atoms with Gasteiger partial charge in [-0.25, -0.2) is 12.8 Å². The Kier molecular flexibility index (Phi) is 4.88. The zero-order valence-electron chi connectivity index (χ0n) is 14.7. The third-order valence-electron chi connectivity index (χ3n) is 4.26. The molecule has 142 valence electrons. The fourth-order valence-corrected chi connectivity index (χ4v) is 4.41. The van der Waals surface area contributed by atoms with Gasteiger partial charge >= 0.3 is 0 Å². The molecule has 0 unspecified atom stereocenters. The van der Waals surface area contributed by atoms with Crippen LogP contribution in [0.25, 0.3) is 0 Å². The van der Waals surface area contributed by atoms with Crippen LogP contribution in [0.3, 0.4) is 0 Å². The summed E-state index contributed by atoms with van der Waals surface area (Å²) >= 11 is 0. The third kappa shape index (κ3) is 3.77. The van der Waals surface area contributed by atoms with Crippen LogP contribution in [-0.2, 0) is 16.4 Å². The highest BCUT2D eigenvalue weighted by Gasteiger charge is 2.32. The van der Waals surface area contributed by atoms with Gasteiger partial charge in [0.2, 0.25) is 10.0 Å². The number of anilines is 1. The lowest BCUT2D eigenvalue weighted by molar-refractivity contribution is 0.0844. The van der Waals surface area contributed by atoms with E-state index in [1.165, 1.54) is 28.6 Å². The minimum atomic E-state index is -3.41. The molecule has 7 nitrogen and oxygen atoms in total. The predicted molar refractivity (Wildman–Crippen MR) is 98.3 cm³/mol. The standard InChI is InChI=1S/C18H18FN3O4S/c1-11-9-13-10-12(7-8-16(13)22(11)27(2,25)26)17(23)20-21-18(24)14-5-3-4-6-15(14)19/h3-8,10-11H,9H2,1-2H3,(H,20,23)(H,21,24)/t11-/m0/s1. The number of nitrogens with one attached hydrogen (secondary N) is 2. The fourth-order valence-electron chi connectivity index (χ4n) is 3.15. The molecule has 2 aromatic rings. The van der Waals surface area contributed by atoms with Crippen LogP contribution in [0.5, 0.6) is 0 Å². The van der Waals surface area contributed by atoms with Crippen LogP contribution in [0.4, 0.5) is 10.1 Å². The molecule has 0 fully saturated rings. The molecule has 3 rings (SSSR count). The smallest absolute Gasteiger partial charge is 0.267 e. The Morgan fingerprint density at radius 1 is 1.11 bits per heavy atom. The van der Waals surface area contributed by atoms with Gasteiger partial charge in [0.25, 0.3) is 11.8 Å². The molecule has 2 aromatic carbocycles. The van der Waals surface area contributed by atoms with E-state index in [4.69, 9.17) is 0 Å². The van der Waals surface area contributed by atoms with E-state index in [2.05, 4.69) is 10.9 Å². The van der Waals surface area contributed by atoms with Gasteiger partial charge in [-0.05, 0) is 49.2 Å². The molecule has 1 atom stereocenters. The maximum Gasteiger partial charge on any atom is 0.272 e. The number of benzene rings is 2. The summed E-state index contributed by atoms with van der Waals surface area (Å²) in [6, 6.07) is 9.79. The Morgan fingerprint density at radius 3 is 2.44 bits per heavy atom. The zero-order chi connectivity index (χ0) is 19.8. The number of hydrogen-bond donors (Lipinski definition) is 2. The van der Waals surface area contributed by atoms with E-state index in [1.807, 2.05) is 0 Å². The van der Waals surface area contributed by atoms with Gasteiger partial charge < -0.3 is 0 Å². The Morgan fingerprint density at radius 2 is 1.78 bits per heavy atom. The van der Waals surface area contributed by atoms with Crippen molar-refractivity contribution < 1.29 is 22.4 Å². The van der Waals surface area contributed by atoms with E-state index in [0.717, 1.165) is 17.9 Å². The topological polar surface area (TPSA) is 95.6 Å². The first-order chi connectivity index (χ1) is 12.7. The van der Waals surface area contributed by atoms with E-state index in [1.54, 1.807) is 19.1 Å². The second-order valence-corrected chi connectivity index (χ2v) is 8.20. The summed E-state index contributed by atoms with van der Waals surface area (Å²) in [5.41, 5.74) is 5.72. The Labute approximate surface area is 156 Å². The summed E-state index contributed by atoms with van der Waals surface area (Å²) in [6.07, 6.45) is 1.61. The highest BCUT2D eigenvalue weighted by molar-refractivity contribution is 7.92. The summed E-state index contributed by atoms with van der Waals surface area (Å²) in [4.78, 5) is 24.2. The zero-order valence-corrected chi connectivity index (χ0v) is 15.5. The number of carbonyl (C=O) groups excluding carboxylic acids is 2. The molecule has 9 heteroatoms. The lowest BCUT2D eigenvalue weighted by Gasteiger charge is -2.21. The molecule has 0 saturated carbocycles. The van der Waals surface area contributed by atoms with E-state index in [9.17, 15) is 22.4 Å². The molecule has 0 spiro atoms. The fraction of sp³-hybridized carbons (Fsp3) is 0.222. The van der Waals surface area contributed by atoms with Crippen molar-refractivity contribution in [3.05, 3.63) is 65.0 Å². The first-order valence-corrected chi connectivity index (χ1v) is 10.0. The van der Waals surface area contributed by atoms with E-state index in [0.29, 0.717) is 12.1 Å². The third-order valence-corrected chi connectivity index (χ3v) is 5.53. The van der Waals surface area contributed by atoms with Gasteiger partial charge in [-0.3, -0.25) is 24.7 Å². The van der Waals surface area contributed by atoms with Crippen molar-refractivity contribution in [2.45, 2.75) is 19.4 Å². The first kappa shape index (κ1) is 18.8. The summed E-state index contributed by atoms with van der Waals surface area (Å²) in [5, 5.41) is 0. The lowest BCUT2D eigenvalue weighted by atomic mass is 10.1. The van der Waals surface area contributed by atoms with Crippen LogP contribution >= 0.6 is 0 Å². The number of hydrogen-bond acceptors (Lipinski definition) is 4. The van der Waals surface area contributed by atoms with Crippen molar-refractivity contribution in [1.82, 2.24) is 10.9 Å². The second-order valence-electron chi connectivity index (χ2n) is 6.34. The van der Waals surface area contributed by atoms with Crippen molar-refractivity contribution in [3.8, 4) is 0 Å². The average Bonchev–Trinajstić information content (AvgIpc) is 2.94. The van der Waals surface area contributed by atoms with Gasteiger partial charge in [0, 0.05) is 11.6 Å². The normalized spacial score (nSPS) is 16.0. The summed E-state index contributed by atoms with van der Waals surface area (Å²) < 4.78 is 38.8. The van der Waals surface area contributed by atoms with Crippen LogP contribution in [0.2, 0.25) is 0 Å². The Balaban J connectivity index is 1.73. The lowest BCUT2D eigenvalue weighted by Crippen LogP contribution is -2.42. The molecule has 27 heavy (non-hydrogen) atoms. The number of rotatable bonds is 3. The van der Waals surface area contributed by atoms with Crippen molar-refractivity contribution >= 4 is 27.5 Å². The molecule has 2 N–H and O–H groups in total. The number of halogens is 1. The minimum Gasteiger partial charge on any atom is -0.267 e.